The number of para-hydroxylation sites is 1. The Bertz CT molecular complexity index is 1390. The molecule has 36 heavy (non-hydrogen) atoms. The van der Waals surface area contributed by atoms with Gasteiger partial charge < -0.3 is 14.8 Å². The van der Waals surface area contributed by atoms with Crippen LogP contribution in [0.3, 0.4) is 0 Å². The van der Waals surface area contributed by atoms with E-state index in [0.29, 0.717) is 42.3 Å². The number of benzene rings is 2. The molecular weight excluding hydrogens is 456 g/mol. The van der Waals surface area contributed by atoms with Gasteiger partial charge in [0.05, 0.1) is 31.5 Å². The molecule has 0 bridgehead atoms. The molecule has 0 atom stereocenters. The number of hydrogen-bond acceptors (Lipinski definition) is 8. The van der Waals surface area contributed by atoms with Gasteiger partial charge in [-0.15, -0.1) is 0 Å². The van der Waals surface area contributed by atoms with Gasteiger partial charge in [-0.05, 0) is 48.4 Å². The fraction of sp³-hybridized carbons (Fsp3) is 0.185. The summed E-state index contributed by atoms with van der Waals surface area (Å²) in [6.07, 6.45) is 3.06. The molecule has 180 valence electrons. The smallest absolute Gasteiger partial charge is 0.301 e. The normalized spacial score (nSPS) is 13.4. The van der Waals surface area contributed by atoms with E-state index in [0.717, 1.165) is 30.3 Å². The highest BCUT2D eigenvalue weighted by molar-refractivity contribution is 6.04. The SMILES string of the molecule is O=C(C#CCN1CCOCC1)Nc1cc2c(Nc3ccc(Oc4ccccc4)cc3)ncnc2cn1. The van der Waals surface area contributed by atoms with Crippen LogP contribution < -0.4 is 15.4 Å². The fourth-order valence-electron chi connectivity index (χ4n) is 3.63. The van der Waals surface area contributed by atoms with E-state index in [9.17, 15) is 4.79 Å². The van der Waals surface area contributed by atoms with Crippen molar-refractivity contribution in [2.75, 3.05) is 43.5 Å². The first kappa shape index (κ1) is 23.2. The number of anilines is 3. The van der Waals surface area contributed by atoms with Crippen LogP contribution in [0.15, 0.2) is 73.2 Å². The lowest BCUT2D eigenvalue weighted by atomic mass is 10.2. The molecule has 5 rings (SSSR count). The average Bonchev–Trinajstić information content (AvgIpc) is 2.91. The van der Waals surface area contributed by atoms with E-state index >= 15 is 0 Å². The number of nitrogens with one attached hydrogen (secondary N) is 2. The number of fused-ring (bicyclic) bond motifs is 1. The molecule has 1 amide bonds. The van der Waals surface area contributed by atoms with Crippen molar-refractivity contribution in [1.29, 1.82) is 0 Å². The number of pyridine rings is 1. The highest BCUT2D eigenvalue weighted by Gasteiger charge is 2.10. The van der Waals surface area contributed by atoms with Crippen LogP contribution in [0, 0.1) is 11.8 Å². The zero-order valence-electron chi connectivity index (χ0n) is 19.5. The first-order valence-electron chi connectivity index (χ1n) is 11.5. The highest BCUT2D eigenvalue weighted by Crippen LogP contribution is 2.27. The topological polar surface area (TPSA) is 102 Å². The number of hydrogen-bond donors (Lipinski definition) is 2. The first-order valence-corrected chi connectivity index (χ1v) is 11.5. The molecule has 9 heteroatoms. The lowest BCUT2D eigenvalue weighted by Crippen LogP contribution is -2.36. The largest absolute Gasteiger partial charge is 0.457 e. The van der Waals surface area contributed by atoms with Crippen LogP contribution >= 0.6 is 0 Å². The molecule has 2 aromatic heterocycles. The van der Waals surface area contributed by atoms with Crippen LogP contribution in [0.1, 0.15) is 0 Å². The molecule has 1 aliphatic rings. The molecule has 9 nitrogen and oxygen atoms in total. The van der Waals surface area contributed by atoms with E-state index in [1.807, 2.05) is 54.6 Å². The molecule has 4 aromatic rings. The Kier molecular flexibility index (Phi) is 7.27. The Morgan fingerprint density at radius 1 is 1.00 bits per heavy atom. The van der Waals surface area contributed by atoms with Crippen molar-refractivity contribution < 1.29 is 14.3 Å². The number of amides is 1. The predicted molar refractivity (Wildman–Crippen MR) is 137 cm³/mol. The van der Waals surface area contributed by atoms with Crippen molar-refractivity contribution in [3.8, 4) is 23.3 Å². The lowest BCUT2D eigenvalue weighted by Gasteiger charge is -2.24. The Hall–Kier alpha value is -4.52. The standard InChI is InChI=1S/C27H24N6O3/c34-26(7-4-12-33-13-15-35-16-14-33)32-25-17-23-24(18-28-25)29-19-30-27(23)31-20-8-10-22(11-9-20)36-21-5-2-1-3-6-21/h1-3,5-6,8-11,17-19H,12-16H2,(H,28,32,34)(H,29,30,31). The van der Waals surface area contributed by atoms with Crippen molar-refractivity contribution in [3.63, 3.8) is 0 Å². The van der Waals surface area contributed by atoms with E-state index in [4.69, 9.17) is 9.47 Å². The van der Waals surface area contributed by atoms with Gasteiger partial charge in [0, 0.05) is 24.2 Å². The number of morpholine rings is 1. The fourth-order valence-corrected chi connectivity index (χ4v) is 3.63. The van der Waals surface area contributed by atoms with Gasteiger partial charge in [-0.1, -0.05) is 24.1 Å². The van der Waals surface area contributed by atoms with Crippen molar-refractivity contribution >= 4 is 34.1 Å². The first-order chi connectivity index (χ1) is 17.7. The molecule has 0 saturated carbocycles. The lowest BCUT2D eigenvalue weighted by molar-refractivity contribution is -0.111. The molecule has 0 radical (unpaired) electrons. The molecule has 1 saturated heterocycles. The second kappa shape index (κ2) is 11.3. The summed E-state index contributed by atoms with van der Waals surface area (Å²) in [4.78, 5) is 27.4. The van der Waals surface area contributed by atoms with Gasteiger partial charge in [0.2, 0.25) is 0 Å². The second-order valence-electron chi connectivity index (χ2n) is 8.02. The molecule has 1 fully saturated rings. The van der Waals surface area contributed by atoms with Crippen LogP contribution in [0.5, 0.6) is 11.5 Å². The van der Waals surface area contributed by atoms with Gasteiger partial charge in [0.1, 0.15) is 29.5 Å². The van der Waals surface area contributed by atoms with E-state index in [2.05, 4.69) is 42.3 Å². The molecular formula is C27H24N6O3. The van der Waals surface area contributed by atoms with Gasteiger partial charge in [0.15, 0.2) is 0 Å². The molecule has 3 heterocycles. The number of rotatable bonds is 6. The molecule has 0 spiro atoms. The van der Waals surface area contributed by atoms with E-state index in [1.54, 1.807) is 12.3 Å². The average molecular weight is 481 g/mol. The maximum absolute atomic E-state index is 12.3. The summed E-state index contributed by atoms with van der Waals surface area (Å²) in [6.45, 7) is 3.55. The quantitative estimate of drug-likeness (QED) is 0.402. The number of carbonyl (C=O) groups is 1. The minimum Gasteiger partial charge on any atom is -0.457 e. The Balaban J connectivity index is 1.26. The maximum atomic E-state index is 12.3. The van der Waals surface area contributed by atoms with E-state index in [1.165, 1.54) is 6.33 Å². The summed E-state index contributed by atoms with van der Waals surface area (Å²) >= 11 is 0. The summed E-state index contributed by atoms with van der Waals surface area (Å²) in [5.74, 6) is 7.57. The highest BCUT2D eigenvalue weighted by atomic mass is 16.5. The summed E-state index contributed by atoms with van der Waals surface area (Å²) in [6, 6.07) is 18.9. The Morgan fingerprint density at radius 3 is 2.58 bits per heavy atom. The summed E-state index contributed by atoms with van der Waals surface area (Å²) in [5.41, 5.74) is 1.47. The van der Waals surface area contributed by atoms with E-state index < -0.39 is 5.91 Å². The third kappa shape index (κ3) is 6.13. The van der Waals surface area contributed by atoms with Crippen LogP contribution in [0.25, 0.3) is 10.9 Å². The Morgan fingerprint density at radius 2 is 1.78 bits per heavy atom. The molecule has 2 aromatic carbocycles. The predicted octanol–water partition coefficient (Wildman–Crippen LogP) is 3.83. The van der Waals surface area contributed by atoms with Crippen molar-refractivity contribution in [2.24, 2.45) is 0 Å². The molecule has 0 unspecified atom stereocenters. The van der Waals surface area contributed by atoms with Gasteiger partial charge in [0.25, 0.3) is 0 Å². The molecule has 1 aliphatic heterocycles. The number of carbonyl (C=O) groups excluding carboxylic acids is 1. The molecule has 2 N–H and O–H groups in total. The third-order valence-electron chi connectivity index (χ3n) is 5.47. The van der Waals surface area contributed by atoms with Crippen molar-refractivity contribution in [3.05, 3.63) is 73.2 Å². The summed E-state index contributed by atoms with van der Waals surface area (Å²) in [7, 11) is 0. The van der Waals surface area contributed by atoms with Crippen LogP contribution in [-0.4, -0.2) is 58.6 Å². The van der Waals surface area contributed by atoms with Gasteiger partial charge in [-0.2, -0.15) is 0 Å². The Labute approximate surface area is 208 Å². The maximum Gasteiger partial charge on any atom is 0.301 e. The van der Waals surface area contributed by atoms with Gasteiger partial charge in [-0.25, -0.2) is 15.0 Å². The van der Waals surface area contributed by atoms with Crippen molar-refractivity contribution in [1.82, 2.24) is 19.9 Å². The second-order valence-corrected chi connectivity index (χ2v) is 8.02. The van der Waals surface area contributed by atoms with E-state index in [-0.39, 0.29) is 0 Å². The van der Waals surface area contributed by atoms with Crippen LogP contribution in [0.2, 0.25) is 0 Å². The van der Waals surface area contributed by atoms with Crippen LogP contribution in [0.4, 0.5) is 17.3 Å². The van der Waals surface area contributed by atoms with Gasteiger partial charge >= 0.3 is 5.91 Å². The number of nitrogens with zero attached hydrogens (tertiary/aromatic N) is 4. The summed E-state index contributed by atoms with van der Waals surface area (Å²) in [5, 5.41) is 6.74. The third-order valence-corrected chi connectivity index (χ3v) is 5.47. The van der Waals surface area contributed by atoms with Crippen LogP contribution in [-0.2, 0) is 9.53 Å². The zero-order chi connectivity index (χ0) is 24.6. The van der Waals surface area contributed by atoms with Gasteiger partial charge in [-0.3, -0.25) is 15.0 Å². The molecule has 0 aliphatic carbocycles. The number of ether oxygens (including phenoxy) is 2. The zero-order valence-corrected chi connectivity index (χ0v) is 19.5. The minimum absolute atomic E-state index is 0.373. The van der Waals surface area contributed by atoms with Crippen molar-refractivity contribution in [2.45, 2.75) is 0 Å². The monoisotopic (exact) mass is 480 g/mol. The summed E-state index contributed by atoms with van der Waals surface area (Å²) < 4.78 is 11.2. The number of aromatic nitrogens is 3. The minimum atomic E-state index is -0.421.